The normalized spacial score (nSPS) is 12.9. The summed E-state index contributed by atoms with van der Waals surface area (Å²) in [5.41, 5.74) is 2.24. The molecule has 0 aliphatic rings. The summed E-state index contributed by atoms with van der Waals surface area (Å²) >= 11 is 0. The van der Waals surface area contributed by atoms with Gasteiger partial charge in [0.05, 0.1) is 24.3 Å². The lowest BCUT2D eigenvalue weighted by Gasteiger charge is -2.18. The summed E-state index contributed by atoms with van der Waals surface area (Å²) in [6.07, 6.45) is -2.34. The van der Waals surface area contributed by atoms with E-state index in [4.69, 9.17) is 5.11 Å². The molecule has 1 heterocycles. The Kier molecular flexibility index (Phi) is 9.48. The number of carboxylic acids is 1. The van der Waals surface area contributed by atoms with Gasteiger partial charge in [-0.2, -0.15) is 0 Å². The number of nitrogens with zero attached hydrogens (tertiary/aromatic N) is 2. The predicted octanol–water partition coefficient (Wildman–Crippen LogP) is 3.86. The van der Waals surface area contributed by atoms with E-state index in [0.29, 0.717) is 22.5 Å². The van der Waals surface area contributed by atoms with E-state index in [1.165, 1.54) is 24.3 Å². The standard InChI is InChI=1S/C27H31F2N3O5/c1-16(2)32-23(11-10-21(33)13-22(34)14-24(35)36)25(18-6-8-19(28)9-7-18)31-26(32)27(37)30-15-17-4-3-5-20(29)12-17/h3-9,12,16,21-22,33-34H,10-11,13-15H2,1-2H3,(H,30,37)(H,35,36)/t21-,22-/m1/s1. The Bertz CT molecular complexity index is 1230. The summed E-state index contributed by atoms with van der Waals surface area (Å²) in [6, 6.07) is 11.3. The summed E-state index contributed by atoms with van der Waals surface area (Å²) in [5.74, 6) is -2.37. The fourth-order valence-electron chi connectivity index (χ4n) is 4.19. The molecule has 0 fully saturated rings. The van der Waals surface area contributed by atoms with Gasteiger partial charge < -0.3 is 25.2 Å². The molecule has 0 spiro atoms. The highest BCUT2D eigenvalue weighted by molar-refractivity contribution is 5.92. The number of aromatic nitrogens is 2. The van der Waals surface area contributed by atoms with Crippen LogP contribution in [-0.4, -0.2) is 49.0 Å². The molecule has 0 aliphatic heterocycles. The van der Waals surface area contributed by atoms with Crippen LogP contribution in [0.1, 0.15) is 61.0 Å². The van der Waals surface area contributed by atoms with E-state index in [-0.39, 0.29) is 37.7 Å². The van der Waals surface area contributed by atoms with Gasteiger partial charge in [0.2, 0.25) is 0 Å². The average molecular weight is 516 g/mol. The third-order valence-corrected chi connectivity index (χ3v) is 5.86. The molecule has 198 valence electrons. The van der Waals surface area contributed by atoms with E-state index in [0.717, 1.165) is 0 Å². The van der Waals surface area contributed by atoms with E-state index in [9.17, 15) is 28.6 Å². The number of hydrogen-bond acceptors (Lipinski definition) is 5. The highest BCUT2D eigenvalue weighted by Gasteiger charge is 2.25. The SMILES string of the molecule is CC(C)n1c(C(=O)NCc2cccc(F)c2)nc(-c2ccc(F)cc2)c1CC[C@@H](O)C[C@@H](O)CC(=O)O. The highest BCUT2D eigenvalue weighted by Crippen LogP contribution is 2.29. The van der Waals surface area contributed by atoms with Crippen molar-refractivity contribution in [1.29, 1.82) is 0 Å². The predicted molar refractivity (Wildman–Crippen MR) is 133 cm³/mol. The lowest BCUT2D eigenvalue weighted by molar-refractivity contribution is -0.139. The Hall–Kier alpha value is -3.63. The summed E-state index contributed by atoms with van der Waals surface area (Å²) in [7, 11) is 0. The summed E-state index contributed by atoms with van der Waals surface area (Å²) in [4.78, 5) is 28.6. The second-order valence-electron chi connectivity index (χ2n) is 9.19. The van der Waals surface area contributed by atoms with E-state index in [1.807, 2.05) is 13.8 Å². The monoisotopic (exact) mass is 515 g/mol. The first-order chi connectivity index (χ1) is 17.5. The minimum absolute atomic E-state index is 0.0863. The lowest BCUT2D eigenvalue weighted by atomic mass is 10.0. The van der Waals surface area contributed by atoms with Gasteiger partial charge in [-0.1, -0.05) is 12.1 Å². The first kappa shape index (κ1) is 27.9. The van der Waals surface area contributed by atoms with Gasteiger partial charge in [0.1, 0.15) is 11.6 Å². The van der Waals surface area contributed by atoms with Gasteiger partial charge in [0, 0.05) is 23.8 Å². The number of aliphatic hydroxyl groups excluding tert-OH is 2. The van der Waals surface area contributed by atoms with Crippen molar-refractivity contribution < 1.29 is 33.7 Å². The molecule has 10 heteroatoms. The molecule has 4 N–H and O–H groups in total. The van der Waals surface area contributed by atoms with Gasteiger partial charge in [0.25, 0.3) is 5.91 Å². The van der Waals surface area contributed by atoms with Crippen molar-refractivity contribution in [3.63, 3.8) is 0 Å². The quantitative estimate of drug-likeness (QED) is 0.290. The average Bonchev–Trinajstić information content (AvgIpc) is 3.21. The number of amides is 1. The number of halogens is 2. The smallest absolute Gasteiger partial charge is 0.305 e. The minimum Gasteiger partial charge on any atom is -0.481 e. The second kappa shape index (κ2) is 12.6. The molecule has 0 aliphatic carbocycles. The van der Waals surface area contributed by atoms with Crippen LogP contribution in [0.25, 0.3) is 11.3 Å². The van der Waals surface area contributed by atoms with Crippen LogP contribution in [0.4, 0.5) is 8.78 Å². The van der Waals surface area contributed by atoms with Crippen molar-refractivity contribution in [2.45, 2.75) is 64.3 Å². The van der Waals surface area contributed by atoms with Crippen LogP contribution in [0.2, 0.25) is 0 Å². The third-order valence-electron chi connectivity index (χ3n) is 5.86. The molecule has 8 nitrogen and oxygen atoms in total. The summed E-state index contributed by atoms with van der Waals surface area (Å²) < 4.78 is 28.8. The molecular weight excluding hydrogens is 484 g/mol. The molecule has 1 amide bonds. The summed E-state index contributed by atoms with van der Waals surface area (Å²) in [5, 5.41) is 31.9. The molecule has 37 heavy (non-hydrogen) atoms. The lowest BCUT2D eigenvalue weighted by Crippen LogP contribution is -2.27. The number of carbonyl (C=O) groups excluding carboxylic acids is 1. The van der Waals surface area contributed by atoms with Gasteiger partial charge in [0.15, 0.2) is 5.82 Å². The largest absolute Gasteiger partial charge is 0.481 e. The van der Waals surface area contributed by atoms with Crippen LogP contribution in [0.3, 0.4) is 0 Å². The van der Waals surface area contributed by atoms with Crippen molar-refractivity contribution in [3.05, 3.63) is 77.2 Å². The molecule has 0 bridgehead atoms. The van der Waals surface area contributed by atoms with E-state index in [1.54, 1.807) is 28.8 Å². The number of carboxylic acid groups (broad SMARTS) is 1. The number of aliphatic carboxylic acids is 1. The molecular formula is C27H31F2N3O5. The zero-order valence-corrected chi connectivity index (χ0v) is 20.7. The van der Waals surface area contributed by atoms with Crippen molar-refractivity contribution in [1.82, 2.24) is 14.9 Å². The van der Waals surface area contributed by atoms with Gasteiger partial charge in [-0.15, -0.1) is 0 Å². The van der Waals surface area contributed by atoms with Gasteiger partial charge in [-0.25, -0.2) is 13.8 Å². The van der Waals surface area contributed by atoms with Crippen LogP contribution < -0.4 is 5.32 Å². The first-order valence-corrected chi connectivity index (χ1v) is 12.0. The number of rotatable bonds is 12. The molecule has 0 unspecified atom stereocenters. The molecule has 0 saturated carbocycles. The summed E-state index contributed by atoms with van der Waals surface area (Å²) in [6.45, 7) is 3.83. The Morgan fingerprint density at radius 2 is 1.73 bits per heavy atom. The topological polar surface area (TPSA) is 125 Å². The fraction of sp³-hybridized carbons (Fsp3) is 0.370. The van der Waals surface area contributed by atoms with E-state index >= 15 is 0 Å². The zero-order chi connectivity index (χ0) is 27.1. The Morgan fingerprint density at radius 3 is 2.35 bits per heavy atom. The maximum absolute atomic E-state index is 13.6. The molecule has 3 aromatic rings. The number of hydrogen-bond donors (Lipinski definition) is 4. The second-order valence-corrected chi connectivity index (χ2v) is 9.19. The van der Waals surface area contributed by atoms with E-state index in [2.05, 4.69) is 10.3 Å². The van der Waals surface area contributed by atoms with Crippen LogP contribution in [0, 0.1) is 11.6 Å². The maximum atomic E-state index is 13.6. The number of benzene rings is 2. The van der Waals surface area contributed by atoms with Crippen molar-refractivity contribution in [2.24, 2.45) is 0 Å². The van der Waals surface area contributed by atoms with Gasteiger partial charge >= 0.3 is 5.97 Å². The van der Waals surface area contributed by atoms with Crippen LogP contribution in [0.5, 0.6) is 0 Å². The zero-order valence-electron chi connectivity index (χ0n) is 20.7. The fourth-order valence-corrected chi connectivity index (χ4v) is 4.19. The third kappa shape index (κ3) is 7.68. The number of aliphatic hydroxyl groups is 2. The Labute approximate surface area is 213 Å². The molecule has 2 aromatic carbocycles. The molecule has 0 radical (unpaired) electrons. The molecule has 3 rings (SSSR count). The van der Waals surface area contributed by atoms with Crippen molar-refractivity contribution in [3.8, 4) is 11.3 Å². The number of nitrogens with one attached hydrogen (secondary N) is 1. The van der Waals surface area contributed by atoms with E-state index < -0.39 is 42.1 Å². The first-order valence-electron chi connectivity index (χ1n) is 12.0. The molecule has 2 atom stereocenters. The number of carbonyl (C=O) groups is 2. The highest BCUT2D eigenvalue weighted by atomic mass is 19.1. The number of imidazole rings is 1. The Morgan fingerprint density at radius 1 is 1.03 bits per heavy atom. The van der Waals surface area contributed by atoms with Crippen LogP contribution in [0.15, 0.2) is 48.5 Å². The minimum atomic E-state index is -1.19. The van der Waals surface area contributed by atoms with Gasteiger partial charge in [-0.05, 0) is 75.1 Å². The molecule has 0 saturated heterocycles. The molecule has 1 aromatic heterocycles. The van der Waals surface area contributed by atoms with Crippen molar-refractivity contribution >= 4 is 11.9 Å². The Balaban J connectivity index is 1.90. The van der Waals surface area contributed by atoms with Gasteiger partial charge in [-0.3, -0.25) is 9.59 Å². The van der Waals surface area contributed by atoms with Crippen LogP contribution in [-0.2, 0) is 17.8 Å². The van der Waals surface area contributed by atoms with Crippen molar-refractivity contribution in [2.75, 3.05) is 0 Å². The van der Waals surface area contributed by atoms with Crippen LogP contribution >= 0.6 is 0 Å². The maximum Gasteiger partial charge on any atom is 0.305 e.